The summed E-state index contributed by atoms with van der Waals surface area (Å²) in [5.74, 6) is 0.320. The van der Waals surface area contributed by atoms with Crippen LogP contribution in [0.3, 0.4) is 0 Å². The summed E-state index contributed by atoms with van der Waals surface area (Å²) in [7, 11) is 2.01. The van der Waals surface area contributed by atoms with E-state index in [1.165, 1.54) is 26.6 Å². The van der Waals surface area contributed by atoms with Crippen LogP contribution < -0.4 is 5.32 Å². The third kappa shape index (κ3) is 4.33. The van der Waals surface area contributed by atoms with Gasteiger partial charge in [-0.1, -0.05) is 0 Å². The molecule has 5 heterocycles. The number of pyridine rings is 1. The van der Waals surface area contributed by atoms with Crippen molar-refractivity contribution in [2.45, 2.75) is 45.1 Å². The number of rotatable bonds is 8. The van der Waals surface area contributed by atoms with Gasteiger partial charge in [0.15, 0.2) is 0 Å². The zero-order chi connectivity index (χ0) is 21.2. The predicted molar refractivity (Wildman–Crippen MR) is 126 cm³/mol. The quantitative estimate of drug-likeness (QED) is 0.404. The second-order valence-electron chi connectivity index (χ2n) is 8.01. The maximum atomic E-state index is 12.9. The minimum Gasteiger partial charge on any atom is -0.338 e. The number of thiazole rings is 1. The Morgan fingerprint density at radius 1 is 1.23 bits per heavy atom. The number of hydrogen-bond donors (Lipinski definition) is 1. The molecule has 0 aromatic carbocycles. The van der Waals surface area contributed by atoms with Crippen LogP contribution in [0.4, 0.5) is 0 Å². The SMILES string of the molecule is Cn1cncc1CCCCC(=O)Cc1sc2c(c1-c1nc3cnccc3s1)CCNC2. The molecule has 1 N–H and O–H groups in total. The first-order valence-corrected chi connectivity index (χ1v) is 12.3. The first-order chi connectivity index (χ1) is 15.2. The van der Waals surface area contributed by atoms with Gasteiger partial charge in [0.05, 0.1) is 17.2 Å². The molecule has 0 amide bonds. The zero-order valence-electron chi connectivity index (χ0n) is 17.6. The van der Waals surface area contributed by atoms with Crippen LogP contribution in [0, 0.1) is 0 Å². The molecule has 0 radical (unpaired) electrons. The second-order valence-corrected chi connectivity index (χ2v) is 10.2. The van der Waals surface area contributed by atoms with Gasteiger partial charge in [-0.25, -0.2) is 9.97 Å². The topological polar surface area (TPSA) is 72.7 Å². The van der Waals surface area contributed by atoms with Crippen LogP contribution in [0.2, 0.25) is 0 Å². The van der Waals surface area contributed by atoms with Crippen molar-refractivity contribution in [3.05, 3.63) is 52.0 Å². The molecule has 0 bridgehead atoms. The number of thiophene rings is 1. The van der Waals surface area contributed by atoms with Gasteiger partial charge in [-0.2, -0.15) is 0 Å². The van der Waals surface area contributed by atoms with Gasteiger partial charge in [-0.05, 0) is 43.9 Å². The minimum absolute atomic E-state index is 0.320. The Balaban J connectivity index is 1.32. The van der Waals surface area contributed by atoms with E-state index in [4.69, 9.17) is 4.98 Å². The van der Waals surface area contributed by atoms with Crippen molar-refractivity contribution in [3.8, 4) is 10.6 Å². The van der Waals surface area contributed by atoms with Crippen molar-refractivity contribution in [1.29, 1.82) is 0 Å². The third-order valence-corrected chi connectivity index (χ3v) is 8.10. The van der Waals surface area contributed by atoms with Crippen molar-refractivity contribution in [1.82, 2.24) is 24.8 Å². The van der Waals surface area contributed by atoms with Gasteiger partial charge in [-0.15, -0.1) is 22.7 Å². The summed E-state index contributed by atoms with van der Waals surface area (Å²) in [6.45, 7) is 1.86. The number of ketones is 1. The normalized spacial score (nSPS) is 13.6. The molecule has 4 aromatic heterocycles. The van der Waals surface area contributed by atoms with E-state index >= 15 is 0 Å². The highest BCUT2D eigenvalue weighted by Gasteiger charge is 2.25. The zero-order valence-corrected chi connectivity index (χ0v) is 19.2. The molecule has 1 aliphatic heterocycles. The molecule has 6 nitrogen and oxygen atoms in total. The van der Waals surface area contributed by atoms with E-state index in [-0.39, 0.29) is 0 Å². The largest absolute Gasteiger partial charge is 0.338 e. The summed E-state index contributed by atoms with van der Waals surface area (Å²) in [6.07, 6.45) is 12.4. The van der Waals surface area contributed by atoms with Crippen LogP contribution in [0.5, 0.6) is 0 Å². The molecule has 0 saturated carbocycles. The highest BCUT2D eigenvalue weighted by atomic mass is 32.1. The van der Waals surface area contributed by atoms with Gasteiger partial charge >= 0.3 is 0 Å². The average Bonchev–Trinajstić information content (AvgIpc) is 3.47. The van der Waals surface area contributed by atoms with E-state index < -0.39 is 0 Å². The lowest BCUT2D eigenvalue weighted by atomic mass is 10.00. The maximum absolute atomic E-state index is 12.9. The summed E-state index contributed by atoms with van der Waals surface area (Å²) < 4.78 is 3.19. The van der Waals surface area contributed by atoms with Gasteiger partial charge in [0.1, 0.15) is 16.3 Å². The van der Waals surface area contributed by atoms with Gasteiger partial charge < -0.3 is 9.88 Å². The minimum atomic E-state index is 0.320. The summed E-state index contributed by atoms with van der Waals surface area (Å²) in [4.78, 5) is 28.6. The molecule has 1 aliphatic rings. The van der Waals surface area contributed by atoms with Crippen molar-refractivity contribution in [2.24, 2.45) is 7.05 Å². The van der Waals surface area contributed by atoms with Crippen molar-refractivity contribution in [3.63, 3.8) is 0 Å². The van der Waals surface area contributed by atoms with Crippen molar-refractivity contribution < 1.29 is 4.79 Å². The fourth-order valence-corrected chi connectivity index (χ4v) is 6.62. The van der Waals surface area contributed by atoms with E-state index in [9.17, 15) is 4.79 Å². The summed E-state index contributed by atoms with van der Waals surface area (Å²) >= 11 is 3.50. The molecule has 4 aromatic rings. The fourth-order valence-electron chi connectivity index (χ4n) is 4.17. The Morgan fingerprint density at radius 3 is 3.00 bits per heavy atom. The average molecular weight is 452 g/mol. The molecule has 31 heavy (non-hydrogen) atoms. The highest BCUT2D eigenvalue weighted by molar-refractivity contribution is 7.22. The fraction of sp³-hybridized carbons (Fsp3) is 0.391. The van der Waals surface area contributed by atoms with Gasteiger partial charge in [0.2, 0.25) is 0 Å². The first-order valence-electron chi connectivity index (χ1n) is 10.7. The summed E-state index contributed by atoms with van der Waals surface area (Å²) in [5.41, 5.74) is 4.75. The van der Waals surface area contributed by atoms with Crippen LogP contribution in [0.15, 0.2) is 31.0 Å². The lowest BCUT2D eigenvalue weighted by Crippen LogP contribution is -2.22. The van der Waals surface area contributed by atoms with Gasteiger partial charge in [-0.3, -0.25) is 9.78 Å². The smallest absolute Gasteiger partial charge is 0.138 e. The number of imidazole rings is 1. The Morgan fingerprint density at radius 2 is 2.16 bits per heavy atom. The molecule has 160 valence electrons. The van der Waals surface area contributed by atoms with Crippen LogP contribution in [-0.2, 0) is 37.6 Å². The number of nitrogens with zero attached hydrogens (tertiary/aromatic N) is 4. The summed E-state index contributed by atoms with van der Waals surface area (Å²) in [5, 5.41) is 4.49. The van der Waals surface area contributed by atoms with Crippen molar-refractivity contribution in [2.75, 3.05) is 6.54 Å². The lowest BCUT2D eigenvalue weighted by molar-refractivity contribution is -0.118. The number of carbonyl (C=O) groups excluding carboxylic acids is 1. The molecule has 0 fully saturated rings. The number of fused-ring (bicyclic) bond motifs is 2. The molecule has 0 atom stereocenters. The molecule has 0 saturated heterocycles. The van der Waals surface area contributed by atoms with E-state index in [1.54, 1.807) is 22.7 Å². The van der Waals surface area contributed by atoms with Crippen LogP contribution in [0.25, 0.3) is 20.8 Å². The number of aryl methyl sites for hydroxylation is 2. The number of carbonyl (C=O) groups is 1. The molecule has 0 spiro atoms. The molecule has 8 heteroatoms. The molecular weight excluding hydrogens is 426 g/mol. The highest BCUT2D eigenvalue weighted by Crippen LogP contribution is 2.41. The lowest BCUT2D eigenvalue weighted by Gasteiger charge is -2.13. The standard InChI is InChI=1S/C23H25N5OS2/c1-28-14-26-11-15(28)4-2-3-5-16(29)10-20-22(17-6-8-25-13-21(17)30-20)23-27-18-12-24-9-7-19(18)31-23/h7,9,11-12,14,25H,2-6,8,10,13H2,1H3. The Kier molecular flexibility index (Phi) is 5.93. The third-order valence-electron chi connectivity index (χ3n) is 5.82. The monoisotopic (exact) mass is 451 g/mol. The number of nitrogens with one attached hydrogen (secondary N) is 1. The summed E-state index contributed by atoms with van der Waals surface area (Å²) in [6, 6.07) is 2.02. The van der Waals surface area contributed by atoms with Crippen LogP contribution >= 0.6 is 22.7 Å². The first kappa shape index (κ1) is 20.5. The molecular formula is C23H25N5OS2. The number of unbranched alkanes of at least 4 members (excludes halogenated alkanes) is 1. The van der Waals surface area contributed by atoms with Gasteiger partial charge in [0.25, 0.3) is 0 Å². The molecule has 0 unspecified atom stereocenters. The van der Waals surface area contributed by atoms with E-state index in [1.807, 2.05) is 42.6 Å². The van der Waals surface area contributed by atoms with Crippen LogP contribution in [0.1, 0.15) is 40.3 Å². The predicted octanol–water partition coefficient (Wildman–Crippen LogP) is 4.32. The van der Waals surface area contributed by atoms with Gasteiger partial charge in [0, 0.05) is 59.8 Å². The second kappa shape index (κ2) is 8.98. The number of aromatic nitrogens is 4. The number of hydrogen-bond acceptors (Lipinski definition) is 7. The van der Waals surface area contributed by atoms with Crippen LogP contribution in [-0.4, -0.2) is 31.8 Å². The Bertz CT molecular complexity index is 1190. The maximum Gasteiger partial charge on any atom is 0.138 e. The Labute approximate surface area is 189 Å². The number of Topliss-reactive ketones (excluding diaryl/α,β-unsaturated/α-hetero) is 1. The van der Waals surface area contributed by atoms with E-state index in [0.29, 0.717) is 18.6 Å². The molecule has 5 rings (SSSR count). The van der Waals surface area contributed by atoms with E-state index in [2.05, 4.69) is 15.3 Å². The molecule has 0 aliphatic carbocycles. The van der Waals surface area contributed by atoms with E-state index in [0.717, 1.165) is 54.0 Å². The Hall–Kier alpha value is -2.42. The van der Waals surface area contributed by atoms with Crippen molar-refractivity contribution >= 4 is 38.7 Å².